The van der Waals surface area contributed by atoms with Crippen LogP contribution in [0.2, 0.25) is 11.1 Å². The zero-order valence-corrected chi connectivity index (χ0v) is 10.7. The molecule has 0 unspecified atom stereocenters. The molecule has 1 nitrogen and oxygen atoms in total. The Morgan fingerprint density at radius 1 is 1.00 bits per heavy atom. The Morgan fingerprint density at radius 3 is 2.00 bits per heavy atom. The van der Waals surface area contributed by atoms with Gasteiger partial charge in [-0.05, 0) is 22.9 Å². The first-order chi connectivity index (χ1) is 5.86. The van der Waals surface area contributed by atoms with E-state index in [1.165, 1.54) is 18.9 Å². The SMILES string of the molecule is CC(C)(C)C(C)(C)[Si]1CCCCO1. The minimum Gasteiger partial charge on any atom is -0.416 e. The van der Waals surface area contributed by atoms with Crippen molar-refractivity contribution < 1.29 is 4.43 Å². The molecule has 0 amide bonds. The highest BCUT2D eigenvalue weighted by molar-refractivity contribution is 6.55. The van der Waals surface area contributed by atoms with Gasteiger partial charge in [-0.2, -0.15) is 0 Å². The number of hydrogen-bond acceptors (Lipinski definition) is 1. The lowest BCUT2D eigenvalue weighted by molar-refractivity contribution is 0.213. The normalized spacial score (nSPS) is 21.9. The van der Waals surface area contributed by atoms with Gasteiger partial charge < -0.3 is 4.43 Å². The van der Waals surface area contributed by atoms with Gasteiger partial charge in [-0.15, -0.1) is 0 Å². The van der Waals surface area contributed by atoms with Crippen molar-refractivity contribution in [3.63, 3.8) is 0 Å². The van der Waals surface area contributed by atoms with Crippen LogP contribution in [-0.2, 0) is 4.43 Å². The van der Waals surface area contributed by atoms with E-state index in [2.05, 4.69) is 34.6 Å². The molecule has 0 atom stereocenters. The van der Waals surface area contributed by atoms with Gasteiger partial charge in [0.2, 0.25) is 9.04 Å². The molecule has 0 N–H and O–H groups in total. The molecule has 0 spiro atoms. The highest BCUT2D eigenvalue weighted by Gasteiger charge is 2.43. The predicted octanol–water partition coefficient (Wildman–Crippen LogP) is 3.61. The summed E-state index contributed by atoms with van der Waals surface area (Å²) in [5.41, 5.74) is 0.374. The highest BCUT2D eigenvalue weighted by atomic mass is 28.3. The van der Waals surface area contributed by atoms with Crippen molar-refractivity contribution in [2.24, 2.45) is 5.41 Å². The third-order valence-electron chi connectivity index (χ3n) is 3.65. The molecular weight excluding hydrogens is 176 g/mol. The summed E-state index contributed by atoms with van der Waals surface area (Å²) in [6, 6.07) is 1.34. The fourth-order valence-electron chi connectivity index (χ4n) is 1.57. The molecule has 1 radical (unpaired) electrons. The second-order valence-electron chi connectivity index (χ2n) is 5.60. The first-order valence-corrected chi connectivity index (χ1v) is 6.96. The van der Waals surface area contributed by atoms with Gasteiger partial charge in [-0.25, -0.2) is 0 Å². The zero-order valence-electron chi connectivity index (χ0n) is 9.74. The lowest BCUT2D eigenvalue weighted by Crippen LogP contribution is -2.42. The maximum Gasteiger partial charge on any atom is 0.217 e. The first-order valence-electron chi connectivity index (χ1n) is 5.35. The lowest BCUT2D eigenvalue weighted by Gasteiger charge is -2.44. The average Bonchev–Trinajstić information content (AvgIpc) is 2.04. The topological polar surface area (TPSA) is 9.23 Å². The Labute approximate surface area is 84.6 Å². The maximum absolute atomic E-state index is 5.97. The van der Waals surface area contributed by atoms with Gasteiger partial charge in [0.15, 0.2) is 0 Å². The van der Waals surface area contributed by atoms with Crippen LogP contribution in [0.5, 0.6) is 0 Å². The van der Waals surface area contributed by atoms with Crippen molar-refractivity contribution >= 4 is 9.04 Å². The molecule has 0 saturated carbocycles. The predicted molar refractivity (Wildman–Crippen MR) is 59.2 cm³/mol. The minimum absolute atomic E-state index is 0.374. The van der Waals surface area contributed by atoms with Crippen LogP contribution in [0, 0.1) is 5.41 Å². The fourth-order valence-corrected chi connectivity index (χ4v) is 4.49. The van der Waals surface area contributed by atoms with E-state index in [1.54, 1.807) is 0 Å². The van der Waals surface area contributed by atoms with E-state index < -0.39 is 9.04 Å². The summed E-state index contributed by atoms with van der Waals surface area (Å²) in [5.74, 6) is 0. The van der Waals surface area contributed by atoms with Crippen molar-refractivity contribution in [1.29, 1.82) is 0 Å². The molecule has 0 aromatic rings. The molecule has 0 aliphatic carbocycles. The molecule has 1 heterocycles. The van der Waals surface area contributed by atoms with Crippen LogP contribution in [0.15, 0.2) is 0 Å². The quantitative estimate of drug-likeness (QED) is 0.586. The average molecular weight is 199 g/mol. The summed E-state index contributed by atoms with van der Waals surface area (Å²) in [4.78, 5) is 0. The Balaban J connectivity index is 2.67. The van der Waals surface area contributed by atoms with E-state index in [1.807, 2.05) is 0 Å². The molecule has 1 fully saturated rings. The van der Waals surface area contributed by atoms with Gasteiger partial charge in [-0.1, -0.05) is 41.0 Å². The van der Waals surface area contributed by atoms with E-state index in [4.69, 9.17) is 4.43 Å². The summed E-state index contributed by atoms with van der Waals surface area (Å²) in [5, 5.41) is 0.387. The molecule has 1 aliphatic heterocycles. The van der Waals surface area contributed by atoms with Crippen molar-refractivity contribution in [2.75, 3.05) is 6.61 Å². The van der Waals surface area contributed by atoms with Gasteiger partial charge in [-0.3, -0.25) is 0 Å². The molecule has 77 valence electrons. The molecule has 1 saturated heterocycles. The van der Waals surface area contributed by atoms with Gasteiger partial charge >= 0.3 is 0 Å². The first kappa shape index (κ1) is 11.3. The van der Waals surface area contributed by atoms with Crippen LogP contribution in [0.1, 0.15) is 47.5 Å². The molecule has 0 bridgehead atoms. The van der Waals surface area contributed by atoms with Crippen molar-refractivity contribution in [2.45, 2.75) is 58.5 Å². The van der Waals surface area contributed by atoms with Gasteiger partial charge in [0, 0.05) is 6.61 Å². The van der Waals surface area contributed by atoms with E-state index in [-0.39, 0.29) is 0 Å². The third kappa shape index (κ3) is 2.35. The Hall–Kier alpha value is 0.177. The lowest BCUT2D eigenvalue weighted by atomic mass is 9.82. The summed E-state index contributed by atoms with van der Waals surface area (Å²) in [7, 11) is -0.582. The van der Waals surface area contributed by atoms with Gasteiger partial charge in [0.05, 0.1) is 0 Å². The molecule has 0 aromatic carbocycles. The zero-order chi connectivity index (χ0) is 10.1. The van der Waals surface area contributed by atoms with E-state index >= 15 is 0 Å². The number of hydrogen-bond donors (Lipinski definition) is 0. The van der Waals surface area contributed by atoms with Crippen LogP contribution in [0.25, 0.3) is 0 Å². The van der Waals surface area contributed by atoms with Gasteiger partial charge in [0.1, 0.15) is 0 Å². The minimum atomic E-state index is -0.582. The van der Waals surface area contributed by atoms with Crippen LogP contribution >= 0.6 is 0 Å². The van der Waals surface area contributed by atoms with Crippen molar-refractivity contribution in [3.05, 3.63) is 0 Å². The maximum atomic E-state index is 5.97. The molecule has 2 heteroatoms. The summed E-state index contributed by atoms with van der Waals surface area (Å²) in [6.45, 7) is 12.8. The van der Waals surface area contributed by atoms with Crippen LogP contribution in [0.3, 0.4) is 0 Å². The Morgan fingerprint density at radius 2 is 1.62 bits per heavy atom. The molecule has 1 aliphatic rings. The summed E-state index contributed by atoms with van der Waals surface area (Å²) < 4.78 is 5.97. The molecule has 0 aromatic heterocycles. The Bertz CT molecular complexity index is 163. The summed E-state index contributed by atoms with van der Waals surface area (Å²) in [6.07, 6.45) is 2.65. The standard InChI is InChI=1S/C11H23OSi/c1-10(2,3)11(4,5)13-9-7-6-8-12-13/h6-9H2,1-5H3. The highest BCUT2D eigenvalue weighted by Crippen LogP contribution is 2.49. The van der Waals surface area contributed by atoms with E-state index in [9.17, 15) is 0 Å². The second kappa shape index (κ2) is 3.74. The van der Waals surface area contributed by atoms with Crippen LogP contribution in [0.4, 0.5) is 0 Å². The van der Waals surface area contributed by atoms with Gasteiger partial charge in [0.25, 0.3) is 0 Å². The summed E-state index contributed by atoms with van der Waals surface area (Å²) >= 11 is 0. The largest absolute Gasteiger partial charge is 0.416 e. The number of rotatable bonds is 1. The third-order valence-corrected chi connectivity index (χ3v) is 7.15. The van der Waals surface area contributed by atoms with Crippen molar-refractivity contribution in [3.8, 4) is 0 Å². The smallest absolute Gasteiger partial charge is 0.217 e. The van der Waals surface area contributed by atoms with Crippen molar-refractivity contribution in [1.82, 2.24) is 0 Å². The molecule has 13 heavy (non-hydrogen) atoms. The molecule has 1 rings (SSSR count). The van der Waals surface area contributed by atoms with E-state index in [0.29, 0.717) is 10.5 Å². The molecular formula is C11H23OSi. The fraction of sp³-hybridized carbons (Fsp3) is 1.00. The Kier molecular flexibility index (Phi) is 3.23. The second-order valence-corrected chi connectivity index (χ2v) is 8.49. The van der Waals surface area contributed by atoms with E-state index in [0.717, 1.165) is 6.61 Å². The van der Waals surface area contributed by atoms with Crippen LogP contribution in [-0.4, -0.2) is 15.6 Å². The van der Waals surface area contributed by atoms with Crippen LogP contribution < -0.4 is 0 Å². The monoisotopic (exact) mass is 199 g/mol.